The third-order valence-corrected chi connectivity index (χ3v) is 4.03. The molecule has 0 spiro atoms. The molecule has 2 aromatic carbocycles. The van der Waals surface area contributed by atoms with Crippen molar-refractivity contribution in [3.05, 3.63) is 53.6 Å². The summed E-state index contributed by atoms with van der Waals surface area (Å²) in [6.45, 7) is 1.15. The molecule has 1 heterocycles. The largest absolute Gasteiger partial charge is 0.493 e. The van der Waals surface area contributed by atoms with E-state index in [9.17, 15) is 9.59 Å². The highest BCUT2D eigenvalue weighted by atomic mass is 16.5. The standard InChI is InChI=1S/C19H19NO4/c21-18(7-8-19(22)23)20-12-13-1-3-14(4-2-13)15-5-6-17-16(11-15)9-10-24-17/h1-6,11H,7-10,12H2,(H,20,21)(H,22,23). The summed E-state index contributed by atoms with van der Waals surface area (Å²) < 4.78 is 5.52. The number of carbonyl (C=O) groups is 2. The first-order valence-electron chi connectivity index (χ1n) is 7.95. The minimum Gasteiger partial charge on any atom is -0.493 e. The Morgan fingerprint density at radius 3 is 2.54 bits per heavy atom. The molecule has 0 saturated carbocycles. The van der Waals surface area contributed by atoms with Crippen LogP contribution in [0.15, 0.2) is 42.5 Å². The van der Waals surface area contributed by atoms with Crippen LogP contribution in [0.3, 0.4) is 0 Å². The number of carboxylic acid groups (broad SMARTS) is 1. The molecule has 0 bridgehead atoms. The predicted octanol–water partition coefficient (Wildman–Crippen LogP) is 2.77. The lowest BCUT2D eigenvalue weighted by molar-refractivity contribution is -0.138. The molecule has 0 fully saturated rings. The lowest BCUT2D eigenvalue weighted by atomic mass is 10.0. The molecule has 2 aromatic rings. The molecule has 0 radical (unpaired) electrons. The molecule has 2 N–H and O–H groups in total. The molecule has 1 aliphatic heterocycles. The second-order valence-corrected chi connectivity index (χ2v) is 5.79. The summed E-state index contributed by atoms with van der Waals surface area (Å²) in [7, 11) is 0. The first kappa shape index (κ1) is 16.1. The molecule has 1 amide bonds. The summed E-state index contributed by atoms with van der Waals surface area (Å²) in [6.07, 6.45) is 0.807. The van der Waals surface area contributed by atoms with Gasteiger partial charge >= 0.3 is 5.97 Å². The fraction of sp³-hybridized carbons (Fsp3) is 0.263. The van der Waals surface area contributed by atoms with Gasteiger partial charge in [0.2, 0.25) is 5.91 Å². The maximum Gasteiger partial charge on any atom is 0.303 e. The van der Waals surface area contributed by atoms with E-state index in [0.717, 1.165) is 35.5 Å². The monoisotopic (exact) mass is 325 g/mol. The first-order chi connectivity index (χ1) is 11.6. The minimum atomic E-state index is -0.964. The second kappa shape index (κ2) is 7.17. The van der Waals surface area contributed by atoms with E-state index in [1.54, 1.807) is 0 Å². The summed E-state index contributed by atoms with van der Waals surface area (Å²) in [6, 6.07) is 14.2. The molecule has 5 heteroatoms. The van der Waals surface area contributed by atoms with E-state index >= 15 is 0 Å². The Hall–Kier alpha value is -2.82. The molecule has 24 heavy (non-hydrogen) atoms. The molecular formula is C19H19NO4. The van der Waals surface area contributed by atoms with Crippen LogP contribution >= 0.6 is 0 Å². The lowest BCUT2D eigenvalue weighted by Crippen LogP contribution is -2.23. The smallest absolute Gasteiger partial charge is 0.303 e. The van der Waals surface area contributed by atoms with E-state index in [-0.39, 0.29) is 18.7 Å². The number of hydrogen-bond donors (Lipinski definition) is 2. The highest BCUT2D eigenvalue weighted by molar-refractivity contribution is 5.80. The number of benzene rings is 2. The highest BCUT2D eigenvalue weighted by Gasteiger charge is 2.12. The van der Waals surface area contributed by atoms with Crippen LogP contribution in [-0.4, -0.2) is 23.6 Å². The number of aliphatic carboxylic acids is 1. The van der Waals surface area contributed by atoms with Gasteiger partial charge in [0.25, 0.3) is 0 Å². The van der Waals surface area contributed by atoms with Gasteiger partial charge in [0, 0.05) is 19.4 Å². The Balaban J connectivity index is 1.59. The van der Waals surface area contributed by atoms with Crippen molar-refractivity contribution in [3.63, 3.8) is 0 Å². The molecule has 124 valence electrons. The van der Waals surface area contributed by atoms with E-state index in [4.69, 9.17) is 9.84 Å². The SMILES string of the molecule is O=C(O)CCC(=O)NCc1ccc(-c2ccc3c(c2)CCO3)cc1. The van der Waals surface area contributed by atoms with Crippen LogP contribution in [-0.2, 0) is 22.6 Å². The Morgan fingerprint density at radius 1 is 1.04 bits per heavy atom. The van der Waals surface area contributed by atoms with Crippen LogP contribution in [0.25, 0.3) is 11.1 Å². The average molecular weight is 325 g/mol. The zero-order valence-electron chi connectivity index (χ0n) is 13.2. The van der Waals surface area contributed by atoms with Crippen molar-refractivity contribution in [1.29, 1.82) is 0 Å². The van der Waals surface area contributed by atoms with Gasteiger partial charge in [0.05, 0.1) is 13.0 Å². The van der Waals surface area contributed by atoms with Crippen LogP contribution in [0.4, 0.5) is 0 Å². The normalized spacial score (nSPS) is 12.3. The summed E-state index contributed by atoms with van der Waals surface area (Å²) in [5.74, 6) is -0.242. The van der Waals surface area contributed by atoms with Crippen LogP contribution in [0.1, 0.15) is 24.0 Å². The Labute approximate surface area is 140 Å². The zero-order valence-corrected chi connectivity index (χ0v) is 13.2. The molecule has 0 saturated heterocycles. The molecule has 1 aliphatic rings. The van der Waals surface area contributed by atoms with E-state index in [1.807, 2.05) is 36.4 Å². The van der Waals surface area contributed by atoms with Crippen molar-refractivity contribution in [2.75, 3.05) is 6.61 Å². The maximum atomic E-state index is 11.5. The van der Waals surface area contributed by atoms with Gasteiger partial charge in [-0.15, -0.1) is 0 Å². The van der Waals surface area contributed by atoms with Crippen molar-refractivity contribution >= 4 is 11.9 Å². The number of carbonyl (C=O) groups excluding carboxylic acids is 1. The number of rotatable bonds is 6. The van der Waals surface area contributed by atoms with Gasteiger partial charge < -0.3 is 15.2 Å². The van der Waals surface area contributed by atoms with E-state index in [1.165, 1.54) is 5.56 Å². The molecule has 3 rings (SSSR count). The van der Waals surface area contributed by atoms with Crippen LogP contribution in [0.2, 0.25) is 0 Å². The topological polar surface area (TPSA) is 75.6 Å². The Bertz CT molecular complexity index is 752. The third-order valence-electron chi connectivity index (χ3n) is 4.03. The van der Waals surface area contributed by atoms with Crippen molar-refractivity contribution in [1.82, 2.24) is 5.32 Å². The van der Waals surface area contributed by atoms with Gasteiger partial charge in [-0.25, -0.2) is 0 Å². The number of fused-ring (bicyclic) bond motifs is 1. The Kier molecular flexibility index (Phi) is 4.79. The summed E-state index contributed by atoms with van der Waals surface area (Å²) in [5.41, 5.74) is 4.48. The zero-order chi connectivity index (χ0) is 16.9. The molecular weight excluding hydrogens is 306 g/mol. The molecule has 5 nitrogen and oxygen atoms in total. The van der Waals surface area contributed by atoms with Crippen LogP contribution < -0.4 is 10.1 Å². The Morgan fingerprint density at radius 2 is 1.79 bits per heavy atom. The van der Waals surface area contributed by atoms with Gasteiger partial charge in [-0.05, 0) is 34.4 Å². The lowest BCUT2D eigenvalue weighted by Gasteiger charge is -2.07. The third kappa shape index (κ3) is 3.93. The number of carboxylic acids is 1. The summed E-state index contributed by atoms with van der Waals surface area (Å²) in [5, 5.41) is 11.3. The van der Waals surface area contributed by atoms with Crippen molar-refractivity contribution < 1.29 is 19.4 Å². The van der Waals surface area contributed by atoms with Gasteiger partial charge in [-0.2, -0.15) is 0 Å². The average Bonchev–Trinajstić information content (AvgIpc) is 3.06. The quantitative estimate of drug-likeness (QED) is 0.856. The van der Waals surface area contributed by atoms with Crippen LogP contribution in [0.5, 0.6) is 5.75 Å². The van der Waals surface area contributed by atoms with Gasteiger partial charge in [0.15, 0.2) is 0 Å². The van der Waals surface area contributed by atoms with Crippen LogP contribution in [0, 0.1) is 0 Å². The number of amides is 1. The molecule has 0 unspecified atom stereocenters. The molecule has 0 aromatic heterocycles. The molecule has 0 atom stereocenters. The van der Waals surface area contributed by atoms with E-state index < -0.39 is 5.97 Å². The van der Waals surface area contributed by atoms with E-state index in [2.05, 4.69) is 11.4 Å². The van der Waals surface area contributed by atoms with E-state index in [0.29, 0.717) is 6.54 Å². The minimum absolute atomic E-state index is 0.00458. The van der Waals surface area contributed by atoms with Gasteiger partial charge in [-0.1, -0.05) is 30.3 Å². The number of nitrogens with one attached hydrogen (secondary N) is 1. The predicted molar refractivity (Wildman–Crippen MR) is 89.8 cm³/mol. The van der Waals surface area contributed by atoms with Crippen molar-refractivity contribution in [2.45, 2.75) is 25.8 Å². The number of hydrogen-bond acceptors (Lipinski definition) is 3. The first-order valence-corrected chi connectivity index (χ1v) is 7.95. The summed E-state index contributed by atoms with van der Waals surface area (Å²) in [4.78, 5) is 22.0. The fourth-order valence-electron chi connectivity index (χ4n) is 2.69. The highest BCUT2D eigenvalue weighted by Crippen LogP contribution is 2.30. The number of ether oxygens (including phenoxy) is 1. The van der Waals surface area contributed by atoms with Gasteiger partial charge in [-0.3, -0.25) is 9.59 Å². The van der Waals surface area contributed by atoms with Crippen molar-refractivity contribution in [2.24, 2.45) is 0 Å². The van der Waals surface area contributed by atoms with Crippen molar-refractivity contribution in [3.8, 4) is 16.9 Å². The maximum absolute atomic E-state index is 11.5. The summed E-state index contributed by atoms with van der Waals surface area (Å²) >= 11 is 0. The second-order valence-electron chi connectivity index (χ2n) is 5.79. The van der Waals surface area contributed by atoms with Gasteiger partial charge in [0.1, 0.15) is 5.75 Å². The fourth-order valence-corrected chi connectivity index (χ4v) is 2.69. The molecule has 0 aliphatic carbocycles.